The van der Waals surface area contributed by atoms with Gasteiger partial charge < -0.3 is 0 Å². The standard InChI is InChI=1S/C16H21F/c1-6-8-16(11-12-17)14(5)9-10-15(7-2)13(3)4/h7-12H,3,5-6H2,1-2,4H3/b10-9-,12-11-,15-7+,16-8+. The molecule has 0 saturated heterocycles. The summed E-state index contributed by atoms with van der Waals surface area (Å²) in [5.74, 6) is 0. The van der Waals surface area contributed by atoms with Crippen LogP contribution in [0.3, 0.4) is 0 Å². The fourth-order valence-electron chi connectivity index (χ4n) is 1.37. The monoisotopic (exact) mass is 232 g/mol. The highest BCUT2D eigenvalue weighted by Gasteiger charge is 1.96. The van der Waals surface area contributed by atoms with E-state index in [-0.39, 0.29) is 0 Å². The summed E-state index contributed by atoms with van der Waals surface area (Å²) in [6, 6.07) is 0. The van der Waals surface area contributed by atoms with Crippen LogP contribution in [0.4, 0.5) is 4.39 Å². The van der Waals surface area contributed by atoms with Gasteiger partial charge in [0.1, 0.15) is 0 Å². The Morgan fingerprint density at radius 1 is 1.12 bits per heavy atom. The largest absolute Gasteiger partial charge is 0.216 e. The highest BCUT2D eigenvalue weighted by molar-refractivity contribution is 5.47. The predicted molar refractivity (Wildman–Crippen MR) is 75.5 cm³/mol. The van der Waals surface area contributed by atoms with Crippen LogP contribution in [0, 0.1) is 0 Å². The molecule has 0 aliphatic heterocycles. The summed E-state index contributed by atoms with van der Waals surface area (Å²) in [4.78, 5) is 0. The minimum atomic E-state index is 0.538. The van der Waals surface area contributed by atoms with E-state index in [1.54, 1.807) is 0 Å². The Hall–Kier alpha value is -1.63. The van der Waals surface area contributed by atoms with Gasteiger partial charge in [-0.15, -0.1) is 0 Å². The van der Waals surface area contributed by atoms with Crippen LogP contribution in [0.25, 0.3) is 0 Å². The second kappa shape index (κ2) is 8.51. The van der Waals surface area contributed by atoms with Crippen LogP contribution in [-0.4, -0.2) is 0 Å². The maximum absolute atomic E-state index is 12.2. The molecule has 0 aliphatic carbocycles. The first-order valence-electron chi connectivity index (χ1n) is 5.73. The fourth-order valence-corrected chi connectivity index (χ4v) is 1.37. The SMILES string of the molecule is C=C(C)C(/C=C\C(=C)C(/C=C\F)=C/CC)=C/C. The van der Waals surface area contributed by atoms with Crippen LogP contribution < -0.4 is 0 Å². The van der Waals surface area contributed by atoms with Crippen molar-refractivity contribution in [1.29, 1.82) is 0 Å². The van der Waals surface area contributed by atoms with E-state index in [2.05, 4.69) is 13.2 Å². The third-order valence-electron chi connectivity index (χ3n) is 2.31. The highest BCUT2D eigenvalue weighted by Crippen LogP contribution is 2.15. The minimum absolute atomic E-state index is 0.538. The molecule has 92 valence electrons. The third kappa shape index (κ3) is 5.86. The zero-order valence-corrected chi connectivity index (χ0v) is 11.0. The maximum atomic E-state index is 12.2. The summed E-state index contributed by atoms with van der Waals surface area (Å²) in [5, 5.41) is 0. The van der Waals surface area contributed by atoms with E-state index >= 15 is 0 Å². The first-order chi connectivity index (χ1) is 8.06. The topological polar surface area (TPSA) is 0 Å². The van der Waals surface area contributed by atoms with Gasteiger partial charge in [0.2, 0.25) is 0 Å². The average Bonchev–Trinajstić information content (AvgIpc) is 2.28. The van der Waals surface area contributed by atoms with Crippen LogP contribution in [0.5, 0.6) is 0 Å². The van der Waals surface area contributed by atoms with Crippen LogP contribution in [0.2, 0.25) is 0 Å². The smallest absolute Gasteiger partial charge is 0.0872 e. The van der Waals surface area contributed by atoms with Crippen molar-refractivity contribution in [2.24, 2.45) is 0 Å². The Morgan fingerprint density at radius 3 is 2.18 bits per heavy atom. The van der Waals surface area contributed by atoms with Crippen molar-refractivity contribution < 1.29 is 4.39 Å². The fraction of sp³-hybridized carbons (Fsp3) is 0.250. The lowest BCUT2D eigenvalue weighted by Gasteiger charge is -2.03. The molecule has 0 unspecified atom stereocenters. The Kier molecular flexibility index (Phi) is 7.70. The summed E-state index contributed by atoms with van der Waals surface area (Å²) >= 11 is 0. The third-order valence-corrected chi connectivity index (χ3v) is 2.31. The van der Waals surface area contributed by atoms with E-state index in [4.69, 9.17) is 0 Å². The molecule has 0 fully saturated rings. The molecule has 0 spiro atoms. The first-order valence-corrected chi connectivity index (χ1v) is 5.73. The normalized spacial score (nSPS) is 13.6. The number of rotatable bonds is 6. The van der Waals surface area contributed by atoms with Gasteiger partial charge in [0, 0.05) is 0 Å². The van der Waals surface area contributed by atoms with E-state index in [9.17, 15) is 4.39 Å². The Morgan fingerprint density at radius 2 is 1.76 bits per heavy atom. The second-order valence-electron chi connectivity index (χ2n) is 3.74. The van der Waals surface area contributed by atoms with Crippen LogP contribution in [0.1, 0.15) is 27.2 Å². The van der Waals surface area contributed by atoms with Gasteiger partial charge in [0.25, 0.3) is 0 Å². The lowest BCUT2D eigenvalue weighted by Crippen LogP contribution is -1.83. The second-order valence-corrected chi connectivity index (χ2v) is 3.74. The molecular weight excluding hydrogens is 211 g/mol. The molecular formula is C16H21F. The van der Waals surface area contributed by atoms with Crippen molar-refractivity contribution in [3.63, 3.8) is 0 Å². The van der Waals surface area contributed by atoms with Gasteiger partial charge >= 0.3 is 0 Å². The molecule has 0 radical (unpaired) electrons. The summed E-state index contributed by atoms with van der Waals surface area (Å²) in [7, 11) is 0. The zero-order valence-electron chi connectivity index (χ0n) is 11.0. The zero-order chi connectivity index (χ0) is 13.3. The van der Waals surface area contributed by atoms with Gasteiger partial charge in [-0.25, -0.2) is 4.39 Å². The van der Waals surface area contributed by atoms with Gasteiger partial charge in [0.15, 0.2) is 0 Å². The number of hydrogen-bond donors (Lipinski definition) is 0. The van der Waals surface area contributed by atoms with Crippen molar-refractivity contribution in [3.05, 3.63) is 72.2 Å². The Bertz CT molecular complexity index is 390. The molecule has 0 rings (SSSR count). The molecule has 0 N–H and O–H groups in total. The molecule has 0 nitrogen and oxygen atoms in total. The lowest BCUT2D eigenvalue weighted by molar-refractivity contribution is 0.720. The summed E-state index contributed by atoms with van der Waals surface area (Å²) in [5.41, 5.74) is 3.66. The van der Waals surface area contributed by atoms with Gasteiger partial charge in [-0.1, -0.05) is 50.0 Å². The number of allylic oxidation sites excluding steroid dienone is 9. The van der Waals surface area contributed by atoms with E-state index in [0.717, 1.165) is 28.7 Å². The quantitative estimate of drug-likeness (QED) is 0.535. The minimum Gasteiger partial charge on any atom is -0.216 e. The number of hydrogen-bond acceptors (Lipinski definition) is 0. The van der Waals surface area contributed by atoms with Gasteiger partial charge in [-0.3, -0.25) is 0 Å². The first kappa shape index (κ1) is 15.4. The molecule has 1 heteroatoms. The summed E-state index contributed by atoms with van der Waals surface area (Å²) in [6.07, 6.45) is 10.6. The van der Waals surface area contributed by atoms with Crippen molar-refractivity contribution in [2.75, 3.05) is 0 Å². The lowest BCUT2D eigenvalue weighted by atomic mass is 10.0. The predicted octanol–water partition coefficient (Wildman–Crippen LogP) is 5.44. The molecule has 17 heavy (non-hydrogen) atoms. The van der Waals surface area contributed by atoms with Crippen LogP contribution in [-0.2, 0) is 0 Å². The molecule has 0 amide bonds. The molecule has 0 atom stereocenters. The van der Waals surface area contributed by atoms with Crippen molar-refractivity contribution in [1.82, 2.24) is 0 Å². The van der Waals surface area contributed by atoms with Crippen LogP contribution >= 0.6 is 0 Å². The van der Waals surface area contributed by atoms with Gasteiger partial charge in [-0.05, 0) is 43.1 Å². The molecule has 0 saturated carbocycles. The molecule has 0 aromatic rings. The molecule has 0 aliphatic rings. The van der Waals surface area contributed by atoms with Crippen LogP contribution in [0.15, 0.2) is 72.2 Å². The average molecular weight is 232 g/mol. The Labute approximate surface area is 104 Å². The van der Waals surface area contributed by atoms with E-state index < -0.39 is 0 Å². The maximum Gasteiger partial charge on any atom is 0.0872 e. The van der Waals surface area contributed by atoms with Crippen molar-refractivity contribution >= 4 is 0 Å². The van der Waals surface area contributed by atoms with E-state index in [1.165, 1.54) is 6.08 Å². The van der Waals surface area contributed by atoms with Gasteiger partial charge in [0.05, 0.1) is 6.33 Å². The molecule has 0 aromatic carbocycles. The van der Waals surface area contributed by atoms with Crippen molar-refractivity contribution in [3.8, 4) is 0 Å². The molecule has 0 aromatic heterocycles. The summed E-state index contributed by atoms with van der Waals surface area (Å²) < 4.78 is 12.2. The van der Waals surface area contributed by atoms with Gasteiger partial charge in [-0.2, -0.15) is 0 Å². The summed E-state index contributed by atoms with van der Waals surface area (Å²) in [6.45, 7) is 13.7. The van der Waals surface area contributed by atoms with E-state index in [0.29, 0.717) is 6.33 Å². The van der Waals surface area contributed by atoms with Crippen molar-refractivity contribution in [2.45, 2.75) is 27.2 Å². The molecule has 0 heterocycles. The van der Waals surface area contributed by atoms with E-state index in [1.807, 2.05) is 45.1 Å². The highest BCUT2D eigenvalue weighted by atomic mass is 19.1. The Balaban J connectivity index is 4.90. The number of halogens is 1. The molecule has 0 bridgehead atoms.